The molecule has 1 unspecified atom stereocenters. The molecule has 0 aliphatic rings. The lowest BCUT2D eigenvalue weighted by Crippen LogP contribution is -2.34. The maximum Gasteiger partial charge on any atom is 0.330 e. The molecule has 1 aromatic carbocycles. The number of methoxy groups -OCH3 is 1. The molecule has 0 aliphatic carbocycles. The van der Waals surface area contributed by atoms with Crippen LogP contribution in [0.5, 0.6) is 5.88 Å². The monoisotopic (exact) mass is 315 g/mol. The maximum atomic E-state index is 12.2. The van der Waals surface area contributed by atoms with E-state index in [1.807, 2.05) is 19.9 Å². The van der Waals surface area contributed by atoms with Crippen molar-refractivity contribution < 1.29 is 19.4 Å². The van der Waals surface area contributed by atoms with E-state index < -0.39 is 17.9 Å². The Balaban J connectivity index is 2.22. The summed E-state index contributed by atoms with van der Waals surface area (Å²) in [6.45, 7) is 3.81. The molecule has 7 heteroatoms. The van der Waals surface area contributed by atoms with Crippen LogP contribution < -0.4 is 10.1 Å². The summed E-state index contributed by atoms with van der Waals surface area (Å²) in [6, 6.07) is 6.98. The van der Waals surface area contributed by atoms with Crippen LogP contribution in [-0.4, -0.2) is 34.3 Å². The van der Waals surface area contributed by atoms with Crippen LogP contribution in [-0.2, 0) is 4.79 Å². The van der Waals surface area contributed by atoms with Crippen LogP contribution in [0.15, 0.2) is 30.3 Å². The maximum absolute atomic E-state index is 12.2. The number of amides is 1. The highest BCUT2D eigenvalue weighted by molar-refractivity contribution is 5.95. The minimum atomic E-state index is -1.16. The van der Waals surface area contributed by atoms with Crippen LogP contribution in [0.1, 0.15) is 33.2 Å². The molecule has 0 spiro atoms. The number of carbonyl (C=O) groups is 2. The smallest absolute Gasteiger partial charge is 0.330 e. The lowest BCUT2D eigenvalue weighted by molar-refractivity contribution is -0.139. The Hall–Kier alpha value is -2.96. The number of carboxylic acid groups (broad SMARTS) is 1. The van der Waals surface area contributed by atoms with Crippen molar-refractivity contribution in [2.24, 2.45) is 0 Å². The quantitative estimate of drug-likeness (QED) is 0.870. The number of carboxylic acids is 1. The van der Waals surface area contributed by atoms with E-state index in [9.17, 15) is 14.7 Å². The second-order valence-electron chi connectivity index (χ2n) is 5.05. The van der Waals surface area contributed by atoms with Gasteiger partial charge in [-0.1, -0.05) is 18.2 Å². The molecule has 23 heavy (non-hydrogen) atoms. The van der Waals surface area contributed by atoms with Gasteiger partial charge in [0.05, 0.1) is 7.11 Å². The van der Waals surface area contributed by atoms with Gasteiger partial charge in [0, 0.05) is 6.07 Å². The molecule has 2 N–H and O–H groups in total. The van der Waals surface area contributed by atoms with Crippen molar-refractivity contribution in [1.29, 1.82) is 0 Å². The van der Waals surface area contributed by atoms with E-state index in [0.29, 0.717) is 5.56 Å². The number of nitrogens with zero attached hydrogens (tertiary/aromatic N) is 2. The number of aryl methyl sites for hydroxylation is 2. The second kappa shape index (κ2) is 6.87. The molecule has 0 fully saturated rings. The first-order chi connectivity index (χ1) is 10.9. The van der Waals surface area contributed by atoms with Gasteiger partial charge >= 0.3 is 5.97 Å². The SMILES string of the molecule is COc1ccc(C(=O)NC(C(=O)O)c2ccc(C)c(C)c2)nn1. The fourth-order valence-corrected chi connectivity index (χ4v) is 1.99. The van der Waals surface area contributed by atoms with Crippen LogP contribution in [0.2, 0.25) is 0 Å². The third kappa shape index (κ3) is 3.82. The standard InChI is InChI=1S/C16H17N3O4/c1-9-4-5-11(8-10(9)2)14(16(21)22)17-15(20)12-6-7-13(23-3)19-18-12/h4-8,14H,1-3H3,(H,17,20)(H,21,22). The van der Waals surface area contributed by atoms with Crippen molar-refractivity contribution >= 4 is 11.9 Å². The number of rotatable bonds is 5. The molecule has 2 aromatic rings. The van der Waals surface area contributed by atoms with Crippen LogP contribution in [0.3, 0.4) is 0 Å². The number of aromatic nitrogens is 2. The number of benzene rings is 1. The van der Waals surface area contributed by atoms with Crippen LogP contribution in [0, 0.1) is 13.8 Å². The molecular weight excluding hydrogens is 298 g/mol. The predicted molar refractivity (Wildman–Crippen MR) is 82.3 cm³/mol. The third-order valence-electron chi connectivity index (χ3n) is 3.47. The molecule has 7 nitrogen and oxygen atoms in total. The van der Waals surface area contributed by atoms with Gasteiger partial charge in [-0.2, -0.15) is 0 Å². The average Bonchev–Trinajstić information content (AvgIpc) is 2.55. The highest BCUT2D eigenvalue weighted by Crippen LogP contribution is 2.18. The Morgan fingerprint density at radius 3 is 2.39 bits per heavy atom. The lowest BCUT2D eigenvalue weighted by atomic mass is 10.0. The van der Waals surface area contributed by atoms with Gasteiger partial charge in [0.2, 0.25) is 5.88 Å². The molecule has 1 amide bonds. The average molecular weight is 315 g/mol. The summed E-state index contributed by atoms with van der Waals surface area (Å²) in [7, 11) is 1.43. The summed E-state index contributed by atoms with van der Waals surface area (Å²) in [6.07, 6.45) is 0. The summed E-state index contributed by atoms with van der Waals surface area (Å²) in [5.74, 6) is -1.50. The van der Waals surface area contributed by atoms with Gasteiger partial charge < -0.3 is 15.2 Å². The highest BCUT2D eigenvalue weighted by atomic mass is 16.5. The zero-order valence-corrected chi connectivity index (χ0v) is 13.0. The largest absolute Gasteiger partial charge is 0.480 e. The van der Waals surface area contributed by atoms with Crippen molar-refractivity contribution in [3.05, 3.63) is 52.7 Å². The van der Waals surface area contributed by atoms with E-state index in [-0.39, 0.29) is 11.6 Å². The molecule has 1 heterocycles. The van der Waals surface area contributed by atoms with Crippen molar-refractivity contribution in [1.82, 2.24) is 15.5 Å². The number of aliphatic carboxylic acids is 1. The number of nitrogens with one attached hydrogen (secondary N) is 1. The van der Waals surface area contributed by atoms with Gasteiger partial charge in [0.15, 0.2) is 11.7 Å². The van der Waals surface area contributed by atoms with Gasteiger partial charge in [-0.3, -0.25) is 4.79 Å². The van der Waals surface area contributed by atoms with E-state index in [1.165, 1.54) is 19.2 Å². The Labute approximate surface area is 133 Å². The molecule has 1 atom stereocenters. The van der Waals surface area contributed by atoms with E-state index in [0.717, 1.165) is 11.1 Å². The summed E-state index contributed by atoms with van der Waals surface area (Å²) in [4.78, 5) is 23.7. The molecule has 0 radical (unpaired) electrons. The van der Waals surface area contributed by atoms with Gasteiger partial charge in [0.1, 0.15) is 0 Å². The van der Waals surface area contributed by atoms with E-state index in [1.54, 1.807) is 12.1 Å². The molecule has 0 aliphatic heterocycles. The normalized spacial score (nSPS) is 11.6. The Bertz CT molecular complexity index is 729. The Morgan fingerprint density at radius 2 is 1.87 bits per heavy atom. The third-order valence-corrected chi connectivity index (χ3v) is 3.47. The summed E-state index contributed by atoms with van der Waals surface area (Å²) < 4.78 is 4.86. The topological polar surface area (TPSA) is 101 Å². The zero-order chi connectivity index (χ0) is 17.0. The summed E-state index contributed by atoms with van der Waals surface area (Å²) in [5, 5.41) is 19.2. The molecule has 0 saturated heterocycles. The molecule has 0 bridgehead atoms. The van der Waals surface area contributed by atoms with E-state index in [4.69, 9.17) is 4.74 Å². The minimum absolute atomic E-state index is 0.0147. The number of hydrogen-bond acceptors (Lipinski definition) is 5. The van der Waals surface area contributed by atoms with Gasteiger partial charge in [-0.15, -0.1) is 10.2 Å². The Morgan fingerprint density at radius 1 is 1.13 bits per heavy atom. The van der Waals surface area contributed by atoms with Gasteiger partial charge in [-0.25, -0.2) is 4.79 Å². The first kappa shape index (κ1) is 16.4. The van der Waals surface area contributed by atoms with E-state index in [2.05, 4.69) is 15.5 Å². The number of carbonyl (C=O) groups excluding carboxylic acids is 1. The van der Waals surface area contributed by atoms with Crippen LogP contribution in [0.4, 0.5) is 0 Å². The number of hydrogen-bond donors (Lipinski definition) is 2. The van der Waals surface area contributed by atoms with Gasteiger partial charge in [-0.05, 0) is 36.6 Å². The van der Waals surface area contributed by atoms with Crippen LogP contribution >= 0.6 is 0 Å². The molecule has 1 aromatic heterocycles. The first-order valence-electron chi connectivity index (χ1n) is 6.91. The minimum Gasteiger partial charge on any atom is -0.480 e. The molecular formula is C16H17N3O4. The molecule has 2 rings (SSSR count). The Kier molecular flexibility index (Phi) is 4.90. The van der Waals surface area contributed by atoms with Crippen molar-refractivity contribution in [3.8, 4) is 5.88 Å². The van der Waals surface area contributed by atoms with Gasteiger partial charge in [0.25, 0.3) is 5.91 Å². The van der Waals surface area contributed by atoms with Crippen LogP contribution in [0.25, 0.3) is 0 Å². The number of ether oxygens (including phenoxy) is 1. The molecule has 120 valence electrons. The van der Waals surface area contributed by atoms with Crippen molar-refractivity contribution in [3.63, 3.8) is 0 Å². The van der Waals surface area contributed by atoms with Crippen molar-refractivity contribution in [2.75, 3.05) is 7.11 Å². The first-order valence-corrected chi connectivity index (χ1v) is 6.91. The fourth-order valence-electron chi connectivity index (χ4n) is 1.99. The van der Waals surface area contributed by atoms with E-state index >= 15 is 0 Å². The highest BCUT2D eigenvalue weighted by Gasteiger charge is 2.23. The second-order valence-corrected chi connectivity index (χ2v) is 5.05. The zero-order valence-electron chi connectivity index (χ0n) is 13.0. The van der Waals surface area contributed by atoms with Crippen molar-refractivity contribution in [2.45, 2.75) is 19.9 Å². The summed E-state index contributed by atoms with van der Waals surface area (Å²) >= 11 is 0. The summed E-state index contributed by atoms with van der Waals surface area (Å²) in [5.41, 5.74) is 2.51. The molecule has 0 saturated carbocycles. The lowest BCUT2D eigenvalue weighted by Gasteiger charge is -2.16. The predicted octanol–water partition coefficient (Wildman–Crippen LogP) is 1.66. The fraction of sp³-hybridized carbons (Fsp3) is 0.250.